The number of thiocarbonyl (C=S) groups is 1. The van der Waals surface area contributed by atoms with E-state index in [1.54, 1.807) is 0 Å². The highest BCUT2D eigenvalue weighted by molar-refractivity contribution is 9.11. The smallest absolute Gasteiger partial charge is 0.212 e. The van der Waals surface area contributed by atoms with Gasteiger partial charge in [-0.2, -0.15) is 0 Å². The summed E-state index contributed by atoms with van der Waals surface area (Å²) in [5.41, 5.74) is 0. The van der Waals surface area contributed by atoms with Crippen molar-refractivity contribution in [2.24, 2.45) is 0 Å². The molecule has 0 aromatic rings. The predicted molar refractivity (Wildman–Crippen MR) is 70.4 cm³/mol. The minimum Gasteiger partial charge on any atom is -0.480 e. The molecule has 2 heterocycles. The Morgan fingerprint density at radius 3 is 2.56 bits per heavy atom. The lowest BCUT2D eigenvalue weighted by Gasteiger charge is -2.29. The average molecular weight is 326 g/mol. The molecule has 0 bridgehead atoms. The molecule has 0 atom stereocenters. The zero-order chi connectivity index (χ0) is 11.4. The van der Waals surface area contributed by atoms with Gasteiger partial charge in [0.15, 0.2) is 0 Å². The second kappa shape index (κ2) is 6.09. The molecule has 0 saturated carbocycles. The van der Waals surface area contributed by atoms with Gasteiger partial charge in [0.05, 0.1) is 13.2 Å². The zero-order valence-corrected chi connectivity index (χ0v) is 11.8. The fourth-order valence-electron chi connectivity index (χ4n) is 1.34. The summed E-state index contributed by atoms with van der Waals surface area (Å²) < 4.78 is 17.5. The third-order valence-corrected chi connectivity index (χ3v) is 4.44. The summed E-state index contributed by atoms with van der Waals surface area (Å²) in [5, 5.41) is 0.711. The van der Waals surface area contributed by atoms with Gasteiger partial charge in [0.1, 0.15) is 17.5 Å². The van der Waals surface area contributed by atoms with E-state index in [1.165, 1.54) is 11.8 Å². The van der Waals surface area contributed by atoms with Crippen LogP contribution in [0.2, 0.25) is 0 Å². The molecule has 4 nitrogen and oxygen atoms in total. The number of ether oxygens (including phenoxy) is 3. The number of hydrogen-bond acceptors (Lipinski definition) is 5. The third-order valence-electron chi connectivity index (χ3n) is 2.16. The molecule has 0 aliphatic carbocycles. The maximum atomic E-state index is 5.48. The summed E-state index contributed by atoms with van der Waals surface area (Å²) in [6.07, 6.45) is 0. The second-order valence-electron chi connectivity index (χ2n) is 3.23. The molecule has 2 aliphatic heterocycles. The summed E-state index contributed by atoms with van der Waals surface area (Å²) in [5.74, 6) is 0. The number of rotatable bonds is 1. The van der Waals surface area contributed by atoms with Crippen molar-refractivity contribution in [3.05, 3.63) is 9.76 Å². The van der Waals surface area contributed by atoms with E-state index in [4.69, 9.17) is 26.4 Å². The van der Waals surface area contributed by atoms with E-state index in [9.17, 15) is 0 Å². The molecule has 0 N–H and O–H groups in total. The van der Waals surface area contributed by atoms with E-state index >= 15 is 0 Å². The summed E-state index contributed by atoms with van der Waals surface area (Å²) in [7, 11) is 0. The minimum atomic E-state index is 0.573. The molecule has 0 spiro atoms. The number of hydrogen-bond donors (Lipinski definition) is 0. The molecule has 0 radical (unpaired) electrons. The SMILES string of the molecule is S=C(SC1=C(Br)OCCO1)N1CCOCC1. The molecule has 7 heteroatoms. The molecule has 90 valence electrons. The van der Waals surface area contributed by atoms with Gasteiger partial charge in [0.2, 0.25) is 9.76 Å². The van der Waals surface area contributed by atoms with Crippen LogP contribution in [-0.2, 0) is 14.2 Å². The Labute approximate surface area is 112 Å². The van der Waals surface area contributed by atoms with E-state index in [-0.39, 0.29) is 0 Å². The van der Waals surface area contributed by atoms with Crippen molar-refractivity contribution in [1.82, 2.24) is 4.90 Å². The predicted octanol–water partition coefficient (Wildman–Crippen LogP) is 1.91. The topological polar surface area (TPSA) is 30.9 Å². The molecule has 2 rings (SSSR count). The summed E-state index contributed by atoms with van der Waals surface area (Å²) >= 11 is 10.1. The molecule has 16 heavy (non-hydrogen) atoms. The Kier molecular flexibility index (Phi) is 4.75. The standard InChI is InChI=1S/C9H12BrNO3S2/c10-7-8(14-6-5-13-7)16-9(15)11-1-3-12-4-2-11/h1-6H2. The van der Waals surface area contributed by atoms with Gasteiger partial charge in [0.25, 0.3) is 0 Å². The van der Waals surface area contributed by atoms with Gasteiger partial charge in [-0.3, -0.25) is 0 Å². The normalized spacial score (nSPS) is 21.4. The minimum absolute atomic E-state index is 0.573. The first-order chi connectivity index (χ1) is 7.77. The van der Waals surface area contributed by atoms with Crippen LogP contribution in [0.3, 0.4) is 0 Å². The van der Waals surface area contributed by atoms with Gasteiger partial charge in [-0.15, -0.1) is 0 Å². The van der Waals surface area contributed by atoms with Crippen molar-refractivity contribution in [2.75, 3.05) is 39.5 Å². The van der Waals surface area contributed by atoms with Crippen LogP contribution in [0.5, 0.6) is 0 Å². The van der Waals surface area contributed by atoms with Crippen molar-refractivity contribution < 1.29 is 14.2 Å². The van der Waals surface area contributed by atoms with Crippen LogP contribution >= 0.6 is 39.9 Å². The summed E-state index contributed by atoms with van der Waals surface area (Å²) in [4.78, 5) is 2.12. The van der Waals surface area contributed by atoms with Crippen molar-refractivity contribution in [1.29, 1.82) is 0 Å². The second-order valence-corrected chi connectivity index (χ2v) is 5.55. The van der Waals surface area contributed by atoms with E-state index in [1.807, 2.05) is 0 Å². The lowest BCUT2D eigenvalue weighted by Crippen LogP contribution is -2.38. The van der Waals surface area contributed by atoms with Crippen LogP contribution in [0.4, 0.5) is 0 Å². The van der Waals surface area contributed by atoms with Gasteiger partial charge in [-0.1, -0.05) is 12.2 Å². The molecular weight excluding hydrogens is 314 g/mol. The Morgan fingerprint density at radius 1 is 1.19 bits per heavy atom. The zero-order valence-electron chi connectivity index (χ0n) is 8.61. The largest absolute Gasteiger partial charge is 0.480 e. The van der Waals surface area contributed by atoms with E-state index in [2.05, 4.69) is 20.8 Å². The highest BCUT2D eigenvalue weighted by Crippen LogP contribution is 2.30. The average Bonchev–Trinajstić information content (AvgIpc) is 2.33. The van der Waals surface area contributed by atoms with Crippen LogP contribution in [-0.4, -0.2) is 48.7 Å². The first-order valence-electron chi connectivity index (χ1n) is 4.97. The van der Waals surface area contributed by atoms with Crippen LogP contribution in [0.25, 0.3) is 0 Å². The number of thioether (sulfide) groups is 1. The van der Waals surface area contributed by atoms with E-state index < -0.39 is 0 Å². The van der Waals surface area contributed by atoms with Crippen LogP contribution in [0, 0.1) is 0 Å². The molecule has 1 saturated heterocycles. The van der Waals surface area contributed by atoms with Crippen molar-refractivity contribution in [2.45, 2.75) is 0 Å². The highest BCUT2D eigenvalue weighted by atomic mass is 79.9. The molecule has 1 fully saturated rings. The van der Waals surface area contributed by atoms with Gasteiger partial charge in [0, 0.05) is 13.1 Å². The number of morpholine rings is 1. The van der Waals surface area contributed by atoms with Gasteiger partial charge in [-0.25, -0.2) is 0 Å². The first-order valence-corrected chi connectivity index (χ1v) is 6.99. The lowest BCUT2D eigenvalue weighted by atomic mass is 10.5. The number of halogens is 1. The Hall–Kier alpha value is 0.0200. The van der Waals surface area contributed by atoms with Gasteiger partial charge >= 0.3 is 0 Å². The molecule has 0 aromatic heterocycles. The van der Waals surface area contributed by atoms with Crippen LogP contribution < -0.4 is 0 Å². The maximum absolute atomic E-state index is 5.48. The molecule has 0 amide bonds. The summed E-state index contributed by atoms with van der Waals surface area (Å²) in [6.45, 7) is 4.31. The van der Waals surface area contributed by atoms with Crippen molar-refractivity contribution >= 4 is 44.2 Å². The van der Waals surface area contributed by atoms with E-state index in [0.717, 1.165) is 30.6 Å². The maximum Gasteiger partial charge on any atom is 0.212 e. The Bertz CT molecular complexity index is 305. The fourth-order valence-corrected chi connectivity index (χ4v) is 3.02. The third kappa shape index (κ3) is 3.26. The monoisotopic (exact) mass is 325 g/mol. The molecule has 0 aromatic carbocycles. The quantitative estimate of drug-likeness (QED) is 0.684. The van der Waals surface area contributed by atoms with Gasteiger partial charge < -0.3 is 19.1 Å². The fraction of sp³-hybridized carbons (Fsp3) is 0.667. The van der Waals surface area contributed by atoms with Crippen molar-refractivity contribution in [3.63, 3.8) is 0 Å². The molecule has 0 unspecified atom stereocenters. The van der Waals surface area contributed by atoms with Crippen molar-refractivity contribution in [3.8, 4) is 0 Å². The van der Waals surface area contributed by atoms with Crippen LogP contribution in [0.1, 0.15) is 0 Å². The van der Waals surface area contributed by atoms with Crippen LogP contribution in [0.15, 0.2) is 9.76 Å². The van der Waals surface area contributed by atoms with E-state index in [0.29, 0.717) is 23.0 Å². The Balaban J connectivity index is 1.90. The Morgan fingerprint density at radius 2 is 1.88 bits per heavy atom. The lowest BCUT2D eigenvalue weighted by molar-refractivity contribution is 0.0701. The highest BCUT2D eigenvalue weighted by Gasteiger charge is 2.20. The van der Waals surface area contributed by atoms with Gasteiger partial charge in [-0.05, 0) is 27.7 Å². The molecular formula is C9H12BrNO3S2. The summed E-state index contributed by atoms with van der Waals surface area (Å²) in [6, 6.07) is 0. The first kappa shape index (κ1) is 12.5. The molecule has 2 aliphatic rings. The number of nitrogens with zero attached hydrogens (tertiary/aromatic N) is 1.